The average Bonchev–Trinajstić information content (AvgIpc) is 2.02. The molecule has 0 bridgehead atoms. The van der Waals surface area contributed by atoms with Gasteiger partial charge < -0.3 is 4.74 Å². The Morgan fingerprint density at radius 3 is 2.69 bits per heavy atom. The van der Waals surface area contributed by atoms with Crippen LogP contribution in [0.3, 0.4) is 0 Å². The minimum atomic E-state index is -4.64. The maximum Gasteiger partial charge on any atom is 0.573 e. The predicted molar refractivity (Wildman–Crippen MR) is 41.3 cm³/mol. The largest absolute Gasteiger partial charge is 0.573 e. The molecule has 1 rings (SSSR count). The van der Waals surface area contributed by atoms with Crippen LogP contribution in [-0.4, -0.2) is 6.36 Å². The van der Waals surface area contributed by atoms with E-state index >= 15 is 0 Å². The van der Waals surface area contributed by atoms with Gasteiger partial charge in [-0.05, 0) is 12.0 Å². The van der Waals surface area contributed by atoms with Crippen molar-refractivity contribution in [2.45, 2.75) is 19.7 Å². The van der Waals surface area contributed by atoms with Gasteiger partial charge in [0, 0.05) is 6.07 Å². The molecule has 0 fully saturated rings. The molecule has 1 aromatic rings. The van der Waals surface area contributed by atoms with E-state index < -0.39 is 6.36 Å². The Bertz CT molecular complexity index is 280. The van der Waals surface area contributed by atoms with Crippen molar-refractivity contribution < 1.29 is 17.9 Å². The van der Waals surface area contributed by atoms with Crippen molar-refractivity contribution in [3.63, 3.8) is 0 Å². The second kappa shape index (κ2) is 3.68. The molecule has 0 heterocycles. The predicted octanol–water partition coefficient (Wildman–Crippen LogP) is 2.95. The molecular formula is C9H8F3O. The number of rotatable bonds is 2. The third-order valence-corrected chi connectivity index (χ3v) is 1.50. The normalized spacial score (nSPS) is 11.4. The lowest BCUT2D eigenvalue weighted by molar-refractivity contribution is -0.275. The first-order chi connectivity index (χ1) is 6.03. The van der Waals surface area contributed by atoms with Gasteiger partial charge in [0.1, 0.15) is 5.75 Å². The number of aryl methyl sites for hydroxylation is 1. The van der Waals surface area contributed by atoms with Crippen molar-refractivity contribution in [2.24, 2.45) is 0 Å². The fourth-order valence-electron chi connectivity index (χ4n) is 0.946. The van der Waals surface area contributed by atoms with E-state index in [1.807, 2.05) is 0 Å². The van der Waals surface area contributed by atoms with Crippen molar-refractivity contribution in [3.05, 3.63) is 29.8 Å². The van der Waals surface area contributed by atoms with Gasteiger partial charge in [0.2, 0.25) is 0 Å². The van der Waals surface area contributed by atoms with E-state index in [1.54, 1.807) is 19.1 Å². The summed E-state index contributed by atoms with van der Waals surface area (Å²) in [5.41, 5.74) is 0.500. The lowest BCUT2D eigenvalue weighted by Gasteiger charge is -2.11. The molecule has 1 radical (unpaired) electrons. The summed E-state index contributed by atoms with van der Waals surface area (Å²) in [5, 5.41) is 0. The Labute approximate surface area is 74.1 Å². The molecule has 1 nitrogen and oxygen atoms in total. The molecule has 1 aromatic carbocycles. The number of para-hydroxylation sites is 1. The van der Waals surface area contributed by atoms with Gasteiger partial charge in [-0.25, -0.2) is 0 Å². The minimum absolute atomic E-state index is 0.238. The number of alkyl halides is 3. The standard InChI is InChI=1S/C9H8F3O/c1-2-7-5-3-4-6-8(7)13-9(10,11)12/h3-5H,2H2,1H3. The highest BCUT2D eigenvalue weighted by molar-refractivity contribution is 5.32. The van der Waals surface area contributed by atoms with Crippen LogP contribution < -0.4 is 4.74 Å². The van der Waals surface area contributed by atoms with Gasteiger partial charge in [-0.1, -0.05) is 25.1 Å². The summed E-state index contributed by atoms with van der Waals surface area (Å²) >= 11 is 0. The van der Waals surface area contributed by atoms with Crippen LogP contribution in [0.4, 0.5) is 13.2 Å². The summed E-state index contributed by atoms with van der Waals surface area (Å²) in [7, 11) is 0. The molecule has 0 amide bonds. The molecule has 0 aromatic heterocycles. The smallest absolute Gasteiger partial charge is 0.405 e. The zero-order valence-electron chi connectivity index (χ0n) is 6.98. The van der Waals surface area contributed by atoms with Crippen LogP contribution in [0.1, 0.15) is 12.5 Å². The van der Waals surface area contributed by atoms with Crippen LogP contribution in [0, 0.1) is 6.07 Å². The molecule has 0 aliphatic carbocycles. The van der Waals surface area contributed by atoms with Crippen LogP contribution in [0.25, 0.3) is 0 Å². The molecule has 0 saturated carbocycles. The van der Waals surface area contributed by atoms with Crippen LogP contribution in [0.2, 0.25) is 0 Å². The van der Waals surface area contributed by atoms with Crippen LogP contribution in [-0.2, 0) is 6.42 Å². The highest BCUT2D eigenvalue weighted by Gasteiger charge is 2.31. The van der Waals surface area contributed by atoms with Crippen molar-refractivity contribution >= 4 is 0 Å². The lowest BCUT2D eigenvalue weighted by Crippen LogP contribution is -2.18. The van der Waals surface area contributed by atoms with Gasteiger partial charge in [-0.15, -0.1) is 13.2 Å². The van der Waals surface area contributed by atoms with Gasteiger partial charge in [-0.3, -0.25) is 0 Å². The van der Waals surface area contributed by atoms with Gasteiger partial charge >= 0.3 is 6.36 Å². The van der Waals surface area contributed by atoms with Gasteiger partial charge in [0.05, 0.1) is 0 Å². The Morgan fingerprint density at radius 1 is 1.46 bits per heavy atom. The van der Waals surface area contributed by atoms with E-state index in [0.717, 1.165) is 0 Å². The van der Waals surface area contributed by atoms with Crippen molar-refractivity contribution in [1.29, 1.82) is 0 Å². The topological polar surface area (TPSA) is 9.23 Å². The third kappa shape index (κ3) is 2.97. The Balaban J connectivity index is 2.87. The van der Waals surface area contributed by atoms with E-state index in [-0.39, 0.29) is 5.75 Å². The average molecular weight is 189 g/mol. The summed E-state index contributed by atoms with van der Waals surface area (Å²) in [6.07, 6.45) is -4.15. The first-order valence-corrected chi connectivity index (χ1v) is 3.78. The highest BCUT2D eigenvalue weighted by Crippen LogP contribution is 2.25. The fraction of sp³-hybridized carbons (Fsp3) is 0.333. The van der Waals surface area contributed by atoms with Crippen LogP contribution in [0.5, 0.6) is 5.75 Å². The molecule has 0 saturated heterocycles. The zero-order valence-corrected chi connectivity index (χ0v) is 6.98. The van der Waals surface area contributed by atoms with Gasteiger partial charge in [0.15, 0.2) is 0 Å². The molecule has 0 aliphatic rings. The quantitative estimate of drug-likeness (QED) is 0.694. The van der Waals surface area contributed by atoms with Crippen LogP contribution >= 0.6 is 0 Å². The molecule has 13 heavy (non-hydrogen) atoms. The second-order valence-electron chi connectivity index (χ2n) is 2.43. The monoisotopic (exact) mass is 189 g/mol. The van der Waals surface area contributed by atoms with Crippen molar-refractivity contribution in [1.82, 2.24) is 0 Å². The number of hydrogen-bond acceptors (Lipinski definition) is 1. The number of halogens is 3. The van der Waals surface area contributed by atoms with E-state index in [4.69, 9.17) is 0 Å². The minimum Gasteiger partial charge on any atom is -0.405 e. The van der Waals surface area contributed by atoms with E-state index in [9.17, 15) is 13.2 Å². The molecule has 4 heteroatoms. The fourth-order valence-corrected chi connectivity index (χ4v) is 0.946. The third-order valence-electron chi connectivity index (χ3n) is 1.50. The summed E-state index contributed by atoms with van der Waals surface area (Å²) in [6.45, 7) is 1.76. The molecule has 71 valence electrons. The van der Waals surface area contributed by atoms with Crippen LogP contribution in [0.15, 0.2) is 18.2 Å². The highest BCUT2D eigenvalue weighted by atomic mass is 19.4. The zero-order chi connectivity index (χ0) is 9.90. The van der Waals surface area contributed by atoms with Gasteiger partial charge in [-0.2, -0.15) is 0 Å². The number of benzene rings is 1. The molecular weight excluding hydrogens is 181 g/mol. The lowest BCUT2D eigenvalue weighted by atomic mass is 10.1. The number of ether oxygens (including phenoxy) is 1. The van der Waals surface area contributed by atoms with Gasteiger partial charge in [0.25, 0.3) is 0 Å². The van der Waals surface area contributed by atoms with E-state index in [1.165, 1.54) is 6.07 Å². The Morgan fingerprint density at radius 2 is 2.15 bits per heavy atom. The Hall–Kier alpha value is -1.19. The summed E-state index contributed by atoms with van der Waals surface area (Å²) in [5.74, 6) is -0.238. The Kier molecular flexibility index (Phi) is 2.80. The first-order valence-electron chi connectivity index (χ1n) is 3.78. The van der Waals surface area contributed by atoms with Crippen molar-refractivity contribution in [2.75, 3.05) is 0 Å². The molecule has 0 spiro atoms. The molecule has 0 unspecified atom stereocenters. The summed E-state index contributed by atoms with van der Waals surface area (Å²) in [6, 6.07) is 7.00. The molecule has 0 atom stereocenters. The molecule has 0 N–H and O–H groups in total. The maximum atomic E-state index is 11.8. The number of hydrogen-bond donors (Lipinski definition) is 0. The summed E-state index contributed by atoms with van der Waals surface area (Å²) < 4.78 is 39.2. The summed E-state index contributed by atoms with van der Waals surface area (Å²) in [4.78, 5) is 0. The first kappa shape index (κ1) is 9.89. The van der Waals surface area contributed by atoms with E-state index in [2.05, 4.69) is 10.8 Å². The van der Waals surface area contributed by atoms with Crippen molar-refractivity contribution in [3.8, 4) is 5.75 Å². The second-order valence-corrected chi connectivity index (χ2v) is 2.43. The maximum absolute atomic E-state index is 11.8. The molecule has 0 aliphatic heterocycles. The SMILES string of the molecule is CCc1ccc[c]c1OC(F)(F)F. The van der Waals surface area contributed by atoms with E-state index in [0.29, 0.717) is 12.0 Å².